The first-order chi connectivity index (χ1) is 11.5. The molecule has 5 heteroatoms. The van der Waals surface area contributed by atoms with Gasteiger partial charge in [0.1, 0.15) is 0 Å². The molecule has 25 heavy (non-hydrogen) atoms. The number of likely N-dealkylation sites (tertiary alicyclic amines) is 1. The van der Waals surface area contributed by atoms with E-state index in [4.69, 9.17) is 11.6 Å². The van der Waals surface area contributed by atoms with Gasteiger partial charge in [0.15, 0.2) is 6.04 Å². The molecular formula is C20H30ClN2OY+. The molecule has 0 aliphatic carbocycles. The van der Waals surface area contributed by atoms with Gasteiger partial charge in [0, 0.05) is 56.4 Å². The van der Waals surface area contributed by atoms with Gasteiger partial charge in [-0.15, -0.1) is 0 Å². The van der Waals surface area contributed by atoms with Gasteiger partial charge in [0.2, 0.25) is 0 Å². The Morgan fingerprint density at radius 1 is 1.12 bits per heavy atom. The Morgan fingerprint density at radius 2 is 1.68 bits per heavy atom. The molecule has 3 rings (SSSR count). The quantitative estimate of drug-likeness (QED) is 0.638. The van der Waals surface area contributed by atoms with Crippen LogP contribution in [0.5, 0.6) is 0 Å². The molecule has 1 atom stereocenters. The maximum atomic E-state index is 13.3. The van der Waals surface area contributed by atoms with Crippen molar-refractivity contribution in [1.29, 1.82) is 0 Å². The van der Waals surface area contributed by atoms with E-state index in [1.165, 1.54) is 38.8 Å². The molecule has 3 nitrogen and oxygen atoms in total. The third-order valence-corrected chi connectivity index (χ3v) is 6.37. The molecule has 135 valence electrons. The van der Waals surface area contributed by atoms with Crippen LogP contribution >= 0.6 is 11.6 Å². The summed E-state index contributed by atoms with van der Waals surface area (Å²) >= 11 is 6.17. The average Bonchev–Trinajstić information content (AvgIpc) is 2.77. The number of carbonyl (C=O) groups excluding carboxylic acids is 1. The molecule has 2 aliphatic heterocycles. The summed E-state index contributed by atoms with van der Waals surface area (Å²) in [6.07, 6.45) is 6.14. The van der Waals surface area contributed by atoms with Crippen molar-refractivity contribution in [3.8, 4) is 0 Å². The summed E-state index contributed by atoms with van der Waals surface area (Å²) in [6.45, 7) is 10.6. The third kappa shape index (κ3) is 4.15. The maximum Gasteiger partial charge on any atom is 0.285 e. The number of anilines is 1. The van der Waals surface area contributed by atoms with E-state index in [9.17, 15) is 4.79 Å². The van der Waals surface area contributed by atoms with Crippen molar-refractivity contribution in [3.63, 3.8) is 0 Å². The predicted molar refractivity (Wildman–Crippen MR) is 101 cm³/mol. The minimum Gasteiger partial charge on any atom is -0.314 e. The van der Waals surface area contributed by atoms with E-state index in [2.05, 4.69) is 20.8 Å². The van der Waals surface area contributed by atoms with Crippen molar-refractivity contribution < 1.29 is 42.0 Å². The number of quaternary nitrogens is 1. The number of benzene rings is 1. The van der Waals surface area contributed by atoms with Crippen molar-refractivity contribution in [2.75, 3.05) is 31.1 Å². The number of hydrogen-bond acceptors (Lipinski definition) is 1. The van der Waals surface area contributed by atoms with E-state index in [-0.39, 0.29) is 38.8 Å². The Balaban J connectivity index is 0.00000225. The van der Waals surface area contributed by atoms with Crippen LogP contribution in [0.4, 0.5) is 5.69 Å². The standard InChI is InChI=1S/C20H30ClN2O.Y/c1-4-23(11-7-5-6-8-12-23)18-9-10-22(20(18)24)19-15(2)13-17(21)14-16(19)3;/h13-14,18H,4-12H2,1-3H3;/q+1;. The summed E-state index contributed by atoms with van der Waals surface area (Å²) in [7, 11) is 0. The van der Waals surface area contributed by atoms with Gasteiger partial charge in [0.25, 0.3) is 5.91 Å². The van der Waals surface area contributed by atoms with Crippen LogP contribution < -0.4 is 4.90 Å². The van der Waals surface area contributed by atoms with E-state index in [1.807, 2.05) is 17.0 Å². The Hall–Kier alpha value is 0.0439. The molecule has 0 saturated carbocycles. The zero-order chi connectivity index (χ0) is 17.3. The van der Waals surface area contributed by atoms with Crippen LogP contribution in [0.3, 0.4) is 0 Å². The zero-order valence-electron chi connectivity index (χ0n) is 15.9. The van der Waals surface area contributed by atoms with E-state index >= 15 is 0 Å². The van der Waals surface area contributed by atoms with Crippen molar-refractivity contribution >= 4 is 23.2 Å². The molecule has 0 aromatic heterocycles. The summed E-state index contributed by atoms with van der Waals surface area (Å²) in [5, 5.41) is 0.751. The van der Waals surface area contributed by atoms with Gasteiger partial charge in [-0.2, -0.15) is 0 Å². The Labute approximate surface area is 182 Å². The molecule has 0 N–H and O–H groups in total. The SMILES string of the molecule is CC[N+]1(C2CCN(c3c(C)cc(Cl)cc3C)C2=O)CCCCCC1.[Y]. The zero-order valence-corrected chi connectivity index (χ0v) is 19.4. The van der Waals surface area contributed by atoms with Crippen LogP contribution in [-0.4, -0.2) is 42.6 Å². The second-order valence-electron chi connectivity index (χ2n) is 7.58. The maximum absolute atomic E-state index is 13.3. The van der Waals surface area contributed by atoms with Crippen molar-refractivity contribution in [2.45, 2.75) is 58.9 Å². The Kier molecular flexibility index (Phi) is 7.53. The first-order valence-corrected chi connectivity index (χ1v) is 9.80. The summed E-state index contributed by atoms with van der Waals surface area (Å²) < 4.78 is 1.00. The first kappa shape index (κ1) is 21.3. The van der Waals surface area contributed by atoms with Gasteiger partial charge in [0.05, 0.1) is 19.6 Å². The molecule has 2 fully saturated rings. The summed E-state index contributed by atoms with van der Waals surface area (Å²) in [5.74, 6) is 0.326. The number of carbonyl (C=O) groups is 1. The number of hydrogen-bond donors (Lipinski definition) is 0. The number of aryl methyl sites for hydroxylation is 2. The first-order valence-electron chi connectivity index (χ1n) is 9.42. The molecule has 1 radical (unpaired) electrons. The molecule has 0 spiro atoms. The van der Waals surface area contributed by atoms with Gasteiger partial charge in [-0.05, 0) is 69.7 Å². The van der Waals surface area contributed by atoms with Gasteiger partial charge in [-0.25, -0.2) is 0 Å². The van der Waals surface area contributed by atoms with Crippen LogP contribution in [0, 0.1) is 13.8 Å². The molecule has 1 aromatic rings. The Morgan fingerprint density at radius 3 is 2.20 bits per heavy atom. The van der Waals surface area contributed by atoms with E-state index in [0.717, 1.165) is 45.8 Å². The molecule has 2 heterocycles. The second kappa shape index (κ2) is 8.82. The average molecular weight is 439 g/mol. The molecule has 1 amide bonds. The van der Waals surface area contributed by atoms with Crippen LogP contribution in [0.2, 0.25) is 5.02 Å². The fourth-order valence-electron chi connectivity index (χ4n) is 4.89. The Bertz CT molecular complexity index is 603. The van der Waals surface area contributed by atoms with Crippen molar-refractivity contribution in [1.82, 2.24) is 0 Å². The molecule has 2 saturated heterocycles. The summed E-state index contributed by atoms with van der Waals surface area (Å²) in [5.41, 5.74) is 3.29. The molecular weight excluding hydrogens is 409 g/mol. The molecule has 1 unspecified atom stereocenters. The van der Waals surface area contributed by atoms with E-state index in [0.29, 0.717) is 5.91 Å². The van der Waals surface area contributed by atoms with Crippen LogP contribution in [0.15, 0.2) is 12.1 Å². The fraction of sp³-hybridized carbons (Fsp3) is 0.650. The third-order valence-electron chi connectivity index (χ3n) is 6.15. The number of amides is 1. The summed E-state index contributed by atoms with van der Waals surface area (Å²) in [6, 6.07) is 4.09. The predicted octanol–water partition coefficient (Wildman–Crippen LogP) is 4.47. The van der Waals surface area contributed by atoms with E-state index in [1.54, 1.807) is 0 Å². The second-order valence-corrected chi connectivity index (χ2v) is 8.02. The number of halogens is 1. The van der Waals surface area contributed by atoms with Crippen molar-refractivity contribution in [3.05, 3.63) is 28.3 Å². The van der Waals surface area contributed by atoms with Crippen LogP contribution in [0.1, 0.15) is 50.2 Å². The largest absolute Gasteiger partial charge is 0.314 e. The van der Waals surface area contributed by atoms with Gasteiger partial charge < -0.3 is 9.38 Å². The van der Waals surface area contributed by atoms with Gasteiger partial charge >= 0.3 is 0 Å². The minimum atomic E-state index is 0. The molecule has 0 bridgehead atoms. The summed E-state index contributed by atoms with van der Waals surface area (Å²) in [4.78, 5) is 15.4. The van der Waals surface area contributed by atoms with Crippen LogP contribution in [0.25, 0.3) is 0 Å². The fourth-order valence-corrected chi connectivity index (χ4v) is 5.22. The number of likely N-dealkylation sites (N-methyl/N-ethyl adjacent to an activating group) is 1. The number of rotatable bonds is 3. The van der Waals surface area contributed by atoms with Gasteiger partial charge in [-0.1, -0.05) is 11.6 Å². The van der Waals surface area contributed by atoms with Gasteiger partial charge in [-0.3, -0.25) is 4.79 Å². The van der Waals surface area contributed by atoms with Crippen LogP contribution in [-0.2, 0) is 37.5 Å². The van der Waals surface area contributed by atoms with E-state index < -0.39 is 0 Å². The smallest absolute Gasteiger partial charge is 0.285 e. The molecule has 2 aliphatic rings. The molecule has 1 aromatic carbocycles. The minimum absolute atomic E-state index is 0. The normalized spacial score (nSPS) is 23.3. The monoisotopic (exact) mass is 438 g/mol. The van der Waals surface area contributed by atoms with Crippen molar-refractivity contribution in [2.24, 2.45) is 0 Å². The topological polar surface area (TPSA) is 20.3 Å². The number of nitrogens with zero attached hydrogens (tertiary/aromatic N) is 2.